The first-order valence-corrected chi connectivity index (χ1v) is 7.69. The number of nitrogens with one attached hydrogen (secondary N) is 2. The highest BCUT2D eigenvalue weighted by atomic mass is 16.1. The number of pyridine rings is 2. The molecule has 0 saturated heterocycles. The zero-order chi connectivity index (χ0) is 15.6. The van der Waals surface area contributed by atoms with Crippen LogP contribution >= 0.6 is 0 Å². The van der Waals surface area contributed by atoms with Gasteiger partial charge in [-0.2, -0.15) is 0 Å². The third-order valence-electron chi connectivity index (χ3n) is 4.07. The molecule has 3 heterocycles. The molecule has 3 aromatic rings. The van der Waals surface area contributed by atoms with E-state index in [1.54, 1.807) is 18.6 Å². The number of hydrogen-bond acceptors (Lipinski definition) is 4. The Hall–Kier alpha value is -2.95. The fourth-order valence-electron chi connectivity index (χ4n) is 3.02. The molecule has 4 rings (SSSR count). The van der Waals surface area contributed by atoms with Crippen molar-refractivity contribution in [2.45, 2.75) is 19.3 Å². The number of anilines is 2. The maximum atomic E-state index is 12.4. The minimum Gasteiger partial charge on any atom is -0.356 e. The monoisotopic (exact) mass is 304 g/mol. The first kappa shape index (κ1) is 13.7. The normalized spacial score (nSPS) is 13.7. The van der Waals surface area contributed by atoms with Crippen LogP contribution in [0.4, 0.5) is 11.5 Å². The summed E-state index contributed by atoms with van der Waals surface area (Å²) in [6.07, 6.45) is 7.62. The van der Waals surface area contributed by atoms with Crippen LogP contribution in [0.3, 0.4) is 0 Å². The molecule has 0 spiro atoms. The van der Waals surface area contributed by atoms with Gasteiger partial charge in [0, 0.05) is 36.3 Å². The van der Waals surface area contributed by atoms with E-state index in [0.717, 1.165) is 46.9 Å². The molecule has 0 bridgehead atoms. The molecule has 2 N–H and O–H groups in total. The minimum absolute atomic E-state index is 0.182. The molecule has 1 aliphatic rings. The van der Waals surface area contributed by atoms with Crippen LogP contribution in [0.25, 0.3) is 11.3 Å². The van der Waals surface area contributed by atoms with E-state index >= 15 is 0 Å². The van der Waals surface area contributed by atoms with Crippen molar-refractivity contribution in [3.8, 4) is 11.3 Å². The fourth-order valence-corrected chi connectivity index (χ4v) is 3.02. The number of rotatable bonds is 3. The van der Waals surface area contributed by atoms with Crippen molar-refractivity contribution in [2.75, 3.05) is 5.32 Å². The molecule has 0 fully saturated rings. The Morgan fingerprint density at radius 1 is 1.04 bits per heavy atom. The first-order chi connectivity index (χ1) is 11.3. The molecular formula is C18H16N4O. The highest BCUT2D eigenvalue weighted by Crippen LogP contribution is 2.38. The van der Waals surface area contributed by atoms with Gasteiger partial charge < -0.3 is 10.3 Å². The summed E-state index contributed by atoms with van der Waals surface area (Å²) in [7, 11) is 0. The summed E-state index contributed by atoms with van der Waals surface area (Å²) in [5.41, 5.74) is 4.51. The van der Waals surface area contributed by atoms with Crippen molar-refractivity contribution in [3.05, 3.63) is 60.2 Å². The predicted octanol–water partition coefficient (Wildman–Crippen LogP) is 3.73. The summed E-state index contributed by atoms with van der Waals surface area (Å²) in [6.45, 7) is 0. The Bertz CT molecular complexity index is 840. The van der Waals surface area contributed by atoms with E-state index in [2.05, 4.69) is 20.3 Å². The van der Waals surface area contributed by atoms with Crippen molar-refractivity contribution in [1.82, 2.24) is 15.0 Å². The van der Waals surface area contributed by atoms with E-state index < -0.39 is 0 Å². The second-order valence-electron chi connectivity index (χ2n) is 5.58. The molecule has 5 nitrogen and oxygen atoms in total. The Kier molecular flexibility index (Phi) is 3.38. The lowest BCUT2D eigenvalue weighted by molar-refractivity contribution is 0.0973. The van der Waals surface area contributed by atoms with Crippen molar-refractivity contribution in [2.24, 2.45) is 0 Å². The summed E-state index contributed by atoms with van der Waals surface area (Å²) < 4.78 is 0. The third kappa shape index (κ3) is 2.50. The first-order valence-electron chi connectivity index (χ1n) is 7.69. The molecule has 0 atom stereocenters. The quantitative estimate of drug-likeness (QED) is 0.773. The number of fused-ring (bicyclic) bond motifs is 1. The SMILES string of the molecule is O=C1CCCc2[nH]c(-c3ccncc3)c(Nc3ccccn3)c21. The van der Waals surface area contributed by atoms with Gasteiger partial charge in [-0.3, -0.25) is 9.78 Å². The van der Waals surface area contributed by atoms with Gasteiger partial charge in [0.15, 0.2) is 5.78 Å². The summed E-state index contributed by atoms with van der Waals surface area (Å²) in [5.74, 6) is 0.907. The smallest absolute Gasteiger partial charge is 0.166 e. The van der Waals surface area contributed by atoms with Crippen molar-refractivity contribution >= 4 is 17.3 Å². The second-order valence-corrected chi connectivity index (χ2v) is 5.58. The summed E-state index contributed by atoms with van der Waals surface area (Å²) in [6, 6.07) is 9.55. The zero-order valence-corrected chi connectivity index (χ0v) is 12.5. The number of carbonyl (C=O) groups is 1. The van der Waals surface area contributed by atoms with E-state index in [1.807, 2.05) is 30.3 Å². The van der Waals surface area contributed by atoms with Crippen molar-refractivity contribution in [1.29, 1.82) is 0 Å². The van der Waals surface area contributed by atoms with Crippen LogP contribution in [-0.4, -0.2) is 20.7 Å². The van der Waals surface area contributed by atoms with E-state index in [4.69, 9.17) is 0 Å². The number of hydrogen-bond donors (Lipinski definition) is 2. The number of Topliss-reactive ketones (excluding diaryl/α,β-unsaturated/α-hetero) is 1. The van der Waals surface area contributed by atoms with Crippen LogP contribution in [0, 0.1) is 0 Å². The molecule has 114 valence electrons. The molecule has 1 aliphatic carbocycles. The van der Waals surface area contributed by atoms with E-state index in [0.29, 0.717) is 6.42 Å². The maximum Gasteiger partial charge on any atom is 0.166 e. The molecule has 0 aromatic carbocycles. The van der Waals surface area contributed by atoms with E-state index in [9.17, 15) is 4.79 Å². The average Bonchev–Trinajstić information content (AvgIpc) is 2.96. The minimum atomic E-state index is 0.182. The van der Waals surface area contributed by atoms with Crippen LogP contribution in [0.15, 0.2) is 48.9 Å². The number of H-pyrrole nitrogens is 1. The molecule has 0 amide bonds. The number of carbonyl (C=O) groups excluding carboxylic acids is 1. The predicted molar refractivity (Wildman–Crippen MR) is 88.8 cm³/mol. The highest BCUT2D eigenvalue weighted by Gasteiger charge is 2.26. The molecule has 23 heavy (non-hydrogen) atoms. The summed E-state index contributed by atoms with van der Waals surface area (Å²) in [4.78, 5) is 24.3. The number of ketones is 1. The Morgan fingerprint density at radius 2 is 1.91 bits per heavy atom. The summed E-state index contributed by atoms with van der Waals surface area (Å²) >= 11 is 0. The lowest BCUT2D eigenvalue weighted by Gasteiger charge is -2.13. The number of aromatic nitrogens is 3. The lowest BCUT2D eigenvalue weighted by Crippen LogP contribution is -2.11. The van der Waals surface area contributed by atoms with Crippen molar-refractivity contribution in [3.63, 3.8) is 0 Å². The molecule has 0 aliphatic heterocycles. The molecule has 0 unspecified atom stereocenters. The average molecular weight is 304 g/mol. The fraction of sp³-hybridized carbons (Fsp3) is 0.167. The van der Waals surface area contributed by atoms with Gasteiger partial charge in [0.25, 0.3) is 0 Å². The molecule has 5 heteroatoms. The second kappa shape index (κ2) is 5.68. The van der Waals surface area contributed by atoms with E-state index in [1.165, 1.54) is 0 Å². The van der Waals surface area contributed by atoms with Gasteiger partial charge in [0.2, 0.25) is 0 Å². The van der Waals surface area contributed by atoms with Crippen LogP contribution in [-0.2, 0) is 6.42 Å². The van der Waals surface area contributed by atoms with Crippen molar-refractivity contribution < 1.29 is 4.79 Å². The van der Waals surface area contributed by atoms with Gasteiger partial charge in [-0.05, 0) is 37.1 Å². The topological polar surface area (TPSA) is 70.7 Å². The standard InChI is InChI=1S/C18H16N4O/c23-14-5-3-4-13-16(14)18(22-15-6-1-2-9-20-15)17(21-13)12-7-10-19-11-8-12/h1-2,6-11,21H,3-5H2,(H,20,22). The number of aryl methyl sites for hydroxylation is 1. The Morgan fingerprint density at radius 3 is 2.70 bits per heavy atom. The van der Waals surface area contributed by atoms with Crippen LogP contribution < -0.4 is 5.32 Å². The van der Waals surface area contributed by atoms with E-state index in [-0.39, 0.29) is 5.78 Å². The number of aromatic amines is 1. The summed E-state index contributed by atoms with van der Waals surface area (Å²) in [5, 5.41) is 3.33. The highest BCUT2D eigenvalue weighted by molar-refractivity contribution is 6.07. The Labute approximate surface area is 133 Å². The maximum absolute atomic E-state index is 12.4. The van der Waals surface area contributed by atoms with Crippen LogP contribution in [0.1, 0.15) is 28.9 Å². The van der Waals surface area contributed by atoms with Gasteiger partial charge in [0.1, 0.15) is 5.82 Å². The van der Waals surface area contributed by atoms with Crippen LogP contribution in [0.2, 0.25) is 0 Å². The van der Waals surface area contributed by atoms with Gasteiger partial charge in [-0.15, -0.1) is 0 Å². The van der Waals surface area contributed by atoms with Gasteiger partial charge in [-0.25, -0.2) is 4.98 Å². The molecule has 0 radical (unpaired) electrons. The zero-order valence-electron chi connectivity index (χ0n) is 12.5. The van der Waals surface area contributed by atoms with Gasteiger partial charge in [-0.1, -0.05) is 6.07 Å². The largest absolute Gasteiger partial charge is 0.356 e. The molecule has 3 aromatic heterocycles. The Balaban J connectivity index is 1.87. The van der Waals surface area contributed by atoms with Gasteiger partial charge in [0.05, 0.1) is 16.9 Å². The third-order valence-corrected chi connectivity index (χ3v) is 4.07. The lowest BCUT2D eigenvalue weighted by atomic mass is 9.95. The number of nitrogens with zero attached hydrogens (tertiary/aromatic N) is 2. The molecule has 0 saturated carbocycles. The molecular weight excluding hydrogens is 288 g/mol. The van der Waals surface area contributed by atoms with Crippen LogP contribution in [0.5, 0.6) is 0 Å². The van der Waals surface area contributed by atoms with Gasteiger partial charge >= 0.3 is 0 Å².